The molecule has 0 fully saturated rings. The number of ether oxygens (including phenoxy) is 1. The van der Waals surface area contributed by atoms with Crippen LogP contribution in [0.15, 0.2) is 6.20 Å². The fourth-order valence-corrected chi connectivity index (χ4v) is 2.36. The third-order valence-corrected chi connectivity index (χ3v) is 3.54. The summed E-state index contributed by atoms with van der Waals surface area (Å²) in [5.41, 5.74) is 0.822. The molecule has 104 valence electrons. The number of aromatic nitrogens is 2. The lowest BCUT2D eigenvalue weighted by atomic mass is 9.91. The molecule has 0 saturated heterocycles. The highest BCUT2D eigenvalue weighted by Crippen LogP contribution is 2.34. The van der Waals surface area contributed by atoms with Crippen LogP contribution in [0.5, 0.6) is 5.75 Å². The highest BCUT2D eigenvalue weighted by molar-refractivity contribution is 5.27. The Morgan fingerprint density at radius 2 is 2.11 bits per heavy atom. The van der Waals surface area contributed by atoms with Crippen molar-refractivity contribution >= 4 is 0 Å². The third kappa shape index (κ3) is 3.25. The molecule has 0 aliphatic heterocycles. The molecule has 1 aromatic rings. The lowest BCUT2D eigenvalue weighted by molar-refractivity contribution is 0.0875. The molecule has 4 nitrogen and oxygen atoms in total. The van der Waals surface area contributed by atoms with E-state index in [9.17, 15) is 5.11 Å². The van der Waals surface area contributed by atoms with Crippen molar-refractivity contribution in [2.24, 2.45) is 5.92 Å². The second kappa shape index (κ2) is 7.41. The molecular formula is C14H26N2O2. The second-order valence-electron chi connectivity index (χ2n) is 4.67. The van der Waals surface area contributed by atoms with Crippen LogP contribution in [0, 0.1) is 5.92 Å². The number of nitrogens with zero attached hydrogens (tertiary/aromatic N) is 2. The number of aryl methyl sites for hydroxylation is 1. The molecule has 18 heavy (non-hydrogen) atoms. The van der Waals surface area contributed by atoms with Crippen molar-refractivity contribution in [3.05, 3.63) is 11.9 Å². The summed E-state index contributed by atoms with van der Waals surface area (Å²) in [4.78, 5) is 0. The minimum absolute atomic E-state index is 0.279. The Kier molecular flexibility index (Phi) is 6.19. The minimum atomic E-state index is -0.487. The second-order valence-corrected chi connectivity index (χ2v) is 4.67. The Hall–Kier alpha value is -1.03. The number of hydrogen-bond acceptors (Lipinski definition) is 3. The fourth-order valence-electron chi connectivity index (χ4n) is 2.36. The number of rotatable bonds is 8. The Labute approximate surface area is 110 Å². The maximum atomic E-state index is 10.6. The van der Waals surface area contributed by atoms with Crippen LogP contribution in [0.2, 0.25) is 0 Å². The zero-order valence-corrected chi connectivity index (χ0v) is 12.0. The molecule has 0 aliphatic rings. The highest BCUT2D eigenvalue weighted by Gasteiger charge is 2.26. The predicted molar refractivity (Wildman–Crippen MR) is 72.7 cm³/mol. The van der Waals surface area contributed by atoms with E-state index in [2.05, 4.69) is 18.9 Å². The van der Waals surface area contributed by atoms with Crippen molar-refractivity contribution < 1.29 is 9.84 Å². The first-order valence-corrected chi connectivity index (χ1v) is 6.97. The molecule has 0 spiro atoms. The molecule has 2 unspecified atom stereocenters. The van der Waals surface area contributed by atoms with Crippen LogP contribution >= 0.6 is 0 Å². The van der Waals surface area contributed by atoms with Crippen LogP contribution in [0.1, 0.15) is 58.3 Å². The summed E-state index contributed by atoms with van der Waals surface area (Å²) >= 11 is 0. The van der Waals surface area contributed by atoms with Gasteiger partial charge >= 0.3 is 0 Å². The van der Waals surface area contributed by atoms with E-state index >= 15 is 0 Å². The van der Waals surface area contributed by atoms with Crippen LogP contribution in [0.25, 0.3) is 0 Å². The molecule has 1 aromatic heterocycles. The number of aliphatic hydroxyl groups is 1. The molecule has 0 saturated carbocycles. The summed E-state index contributed by atoms with van der Waals surface area (Å²) in [5, 5.41) is 14.8. The van der Waals surface area contributed by atoms with Crippen molar-refractivity contribution in [2.45, 2.75) is 59.1 Å². The maximum Gasteiger partial charge on any atom is 0.162 e. The summed E-state index contributed by atoms with van der Waals surface area (Å²) in [6.07, 6.45) is 5.53. The first-order chi connectivity index (χ1) is 8.69. The normalized spacial score (nSPS) is 14.5. The van der Waals surface area contributed by atoms with Crippen molar-refractivity contribution in [1.29, 1.82) is 0 Å². The van der Waals surface area contributed by atoms with Gasteiger partial charge in [-0.1, -0.05) is 33.1 Å². The minimum Gasteiger partial charge on any atom is -0.493 e. The molecule has 0 aliphatic carbocycles. The number of unbranched alkanes of at least 4 members (excludes halogenated alkanes) is 1. The molecule has 0 bridgehead atoms. The largest absolute Gasteiger partial charge is 0.493 e. The molecule has 1 heterocycles. The first kappa shape index (κ1) is 15.0. The van der Waals surface area contributed by atoms with Crippen LogP contribution in [-0.2, 0) is 6.54 Å². The van der Waals surface area contributed by atoms with Gasteiger partial charge in [0.25, 0.3) is 0 Å². The standard InChI is InChI=1S/C14H26N2O2/c1-5-8-9-11(6-2)14(17)13-12(18-4)10-15-16(13)7-3/h10-11,14,17H,5-9H2,1-4H3. The topological polar surface area (TPSA) is 47.3 Å². The van der Waals surface area contributed by atoms with E-state index in [0.29, 0.717) is 5.75 Å². The zero-order chi connectivity index (χ0) is 13.5. The van der Waals surface area contributed by atoms with Crippen molar-refractivity contribution in [2.75, 3.05) is 7.11 Å². The molecule has 0 aromatic carbocycles. The Morgan fingerprint density at radius 1 is 1.39 bits per heavy atom. The maximum absolute atomic E-state index is 10.6. The lowest BCUT2D eigenvalue weighted by Crippen LogP contribution is -2.17. The highest BCUT2D eigenvalue weighted by atomic mass is 16.5. The first-order valence-electron chi connectivity index (χ1n) is 6.97. The number of aliphatic hydroxyl groups excluding tert-OH is 1. The van der Waals surface area contributed by atoms with Crippen molar-refractivity contribution in [3.8, 4) is 5.75 Å². The van der Waals surface area contributed by atoms with Gasteiger partial charge in [0, 0.05) is 6.54 Å². The monoisotopic (exact) mass is 254 g/mol. The van der Waals surface area contributed by atoms with Crippen molar-refractivity contribution in [1.82, 2.24) is 9.78 Å². The van der Waals surface area contributed by atoms with Gasteiger partial charge < -0.3 is 9.84 Å². The average molecular weight is 254 g/mol. The van der Waals surface area contributed by atoms with E-state index in [1.54, 1.807) is 13.3 Å². The van der Waals surface area contributed by atoms with Crippen LogP contribution in [0.4, 0.5) is 0 Å². The van der Waals surface area contributed by atoms with Crippen molar-refractivity contribution in [3.63, 3.8) is 0 Å². The fraction of sp³-hybridized carbons (Fsp3) is 0.786. The van der Waals surface area contributed by atoms with Gasteiger partial charge in [-0.25, -0.2) is 0 Å². The molecule has 2 atom stereocenters. The van der Waals surface area contributed by atoms with Crippen LogP contribution in [0.3, 0.4) is 0 Å². The molecule has 0 amide bonds. The van der Waals surface area contributed by atoms with E-state index in [1.807, 2.05) is 11.6 Å². The van der Waals surface area contributed by atoms with Gasteiger partial charge in [0.2, 0.25) is 0 Å². The van der Waals surface area contributed by atoms with E-state index < -0.39 is 6.10 Å². The SMILES string of the molecule is CCCCC(CC)C(O)c1c(OC)cnn1CC. The van der Waals surface area contributed by atoms with E-state index in [-0.39, 0.29) is 5.92 Å². The van der Waals surface area contributed by atoms with E-state index in [4.69, 9.17) is 4.74 Å². The van der Waals surface area contributed by atoms with E-state index in [0.717, 1.165) is 37.9 Å². The zero-order valence-electron chi connectivity index (χ0n) is 12.0. The Morgan fingerprint density at radius 3 is 2.61 bits per heavy atom. The Bertz CT molecular complexity index is 328. The summed E-state index contributed by atoms with van der Waals surface area (Å²) < 4.78 is 7.14. The lowest BCUT2D eigenvalue weighted by Gasteiger charge is -2.23. The van der Waals surface area contributed by atoms with Gasteiger partial charge in [-0.2, -0.15) is 5.10 Å². The van der Waals surface area contributed by atoms with E-state index in [1.165, 1.54) is 0 Å². The van der Waals surface area contributed by atoms with Gasteiger partial charge in [0.15, 0.2) is 5.75 Å². The molecule has 4 heteroatoms. The summed E-state index contributed by atoms with van der Waals surface area (Å²) in [5.74, 6) is 0.972. The molecule has 1 N–H and O–H groups in total. The average Bonchev–Trinajstić information content (AvgIpc) is 2.82. The summed E-state index contributed by atoms with van der Waals surface area (Å²) in [7, 11) is 1.63. The summed E-state index contributed by atoms with van der Waals surface area (Å²) in [6, 6.07) is 0. The predicted octanol–water partition coefficient (Wildman–Crippen LogP) is 3.16. The molecule has 1 rings (SSSR count). The van der Waals surface area contributed by atoms with Gasteiger partial charge in [0.05, 0.1) is 13.3 Å². The quantitative estimate of drug-likeness (QED) is 0.775. The number of methoxy groups -OCH3 is 1. The van der Waals surface area contributed by atoms with Gasteiger partial charge in [-0.05, 0) is 19.3 Å². The van der Waals surface area contributed by atoms with Gasteiger partial charge in [0.1, 0.15) is 11.8 Å². The molecule has 0 radical (unpaired) electrons. The third-order valence-electron chi connectivity index (χ3n) is 3.54. The smallest absolute Gasteiger partial charge is 0.162 e. The van der Waals surface area contributed by atoms with Gasteiger partial charge in [-0.15, -0.1) is 0 Å². The van der Waals surface area contributed by atoms with Crippen LogP contribution < -0.4 is 4.74 Å². The van der Waals surface area contributed by atoms with Gasteiger partial charge in [-0.3, -0.25) is 4.68 Å². The number of hydrogen-bond donors (Lipinski definition) is 1. The summed E-state index contributed by atoms with van der Waals surface area (Å²) in [6.45, 7) is 7.08. The Balaban J connectivity index is 2.91. The molecular weight excluding hydrogens is 228 g/mol. The van der Waals surface area contributed by atoms with Crippen LogP contribution in [-0.4, -0.2) is 22.0 Å².